The van der Waals surface area contributed by atoms with Crippen LogP contribution in [0.15, 0.2) is 42.5 Å². The molecule has 2 aromatic rings. The standard InChI is InChI=1S/C18H23NO/c1-13-11-15(3)17(12-14(13)2)18(19)9-10-20-16-7-5-4-6-8-16/h4-8,11-12,18H,9-10,19H2,1-3H3. The molecular weight excluding hydrogens is 246 g/mol. The van der Waals surface area contributed by atoms with Gasteiger partial charge in [-0.2, -0.15) is 0 Å². The molecule has 0 saturated heterocycles. The van der Waals surface area contributed by atoms with Crippen LogP contribution < -0.4 is 10.5 Å². The van der Waals surface area contributed by atoms with E-state index >= 15 is 0 Å². The van der Waals surface area contributed by atoms with Crippen LogP contribution in [0.5, 0.6) is 5.75 Å². The zero-order valence-electron chi connectivity index (χ0n) is 12.5. The summed E-state index contributed by atoms with van der Waals surface area (Å²) in [6.07, 6.45) is 0.818. The van der Waals surface area contributed by atoms with Gasteiger partial charge in [-0.25, -0.2) is 0 Å². The van der Waals surface area contributed by atoms with Crippen molar-refractivity contribution in [3.8, 4) is 5.75 Å². The highest BCUT2D eigenvalue weighted by atomic mass is 16.5. The SMILES string of the molecule is Cc1cc(C)c(C(N)CCOc2ccccc2)cc1C. The van der Waals surface area contributed by atoms with Crippen molar-refractivity contribution in [1.82, 2.24) is 0 Å². The minimum atomic E-state index is 0.0259. The molecule has 0 bridgehead atoms. The molecule has 2 rings (SSSR count). The second kappa shape index (κ2) is 6.58. The molecule has 106 valence electrons. The summed E-state index contributed by atoms with van der Waals surface area (Å²) in [5, 5.41) is 0. The van der Waals surface area contributed by atoms with Gasteiger partial charge >= 0.3 is 0 Å². The Balaban J connectivity index is 1.95. The highest BCUT2D eigenvalue weighted by molar-refractivity contribution is 5.38. The first-order valence-corrected chi connectivity index (χ1v) is 7.09. The molecule has 0 radical (unpaired) electrons. The minimum Gasteiger partial charge on any atom is -0.494 e. The zero-order chi connectivity index (χ0) is 14.5. The molecule has 0 spiro atoms. The fourth-order valence-electron chi connectivity index (χ4n) is 2.36. The van der Waals surface area contributed by atoms with Crippen molar-refractivity contribution in [1.29, 1.82) is 0 Å². The van der Waals surface area contributed by atoms with Gasteiger partial charge in [-0.05, 0) is 55.2 Å². The molecule has 20 heavy (non-hydrogen) atoms. The summed E-state index contributed by atoms with van der Waals surface area (Å²) in [5.74, 6) is 0.900. The van der Waals surface area contributed by atoms with Gasteiger partial charge in [-0.15, -0.1) is 0 Å². The van der Waals surface area contributed by atoms with Crippen molar-refractivity contribution in [2.75, 3.05) is 6.61 Å². The molecule has 0 heterocycles. The normalized spacial score (nSPS) is 12.2. The molecule has 0 amide bonds. The Labute approximate surface area is 121 Å². The van der Waals surface area contributed by atoms with Gasteiger partial charge in [0.05, 0.1) is 6.61 Å². The van der Waals surface area contributed by atoms with E-state index in [0.717, 1.165) is 12.2 Å². The average Bonchev–Trinajstić information content (AvgIpc) is 2.44. The van der Waals surface area contributed by atoms with Gasteiger partial charge in [0.15, 0.2) is 0 Å². The van der Waals surface area contributed by atoms with Crippen molar-refractivity contribution in [2.45, 2.75) is 33.2 Å². The molecule has 0 saturated carbocycles. The lowest BCUT2D eigenvalue weighted by Gasteiger charge is -2.17. The third-order valence-electron chi connectivity index (χ3n) is 3.72. The summed E-state index contributed by atoms with van der Waals surface area (Å²) >= 11 is 0. The summed E-state index contributed by atoms with van der Waals surface area (Å²) < 4.78 is 5.71. The maximum Gasteiger partial charge on any atom is 0.119 e. The first kappa shape index (κ1) is 14.6. The Hall–Kier alpha value is -1.80. The molecule has 0 aromatic heterocycles. The molecule has 0 fully saturated rings. The van der Waals surface area contributed by atoms with Crippen LogP contribution in [0.25, 0.3) is 0 Å². The minimum absolute atomic E-state index is 0.0259. The van der Waals surface area contributed by atoms with Gasteiger partial charge in [0.2, 0.25) is 0 Å². The van der Waals surface area contributed by atoms with E-state index in [1.807, 2.05) is 30.3 Å². The van der Waals surface area contributed by atoms with E-state index in [2.05, 4.69) is 32.9 Å². The fourth-order valence-corrected chi connectivity index (χ4v) is 2.36. The predicted molar refractivity (Wildman–Crippen MR) is 84.1 cm³/mol. The fraction of sp³-hybridized carbons (Fsp3) is 0.333. The number of para-hydroxylation sites is 1. The van der Waals surface area contributed by atoms with Crippen LogP contribution in [-0.2, 0) is 0 Å². The third-order valence-corrected chi connectivity index (χ3v) is 3.72. The number of ether oxygens (including phenoxy) is 1. The molecule has 0 aliphatic rings. The summed E-state index contributed by atoms with van der Waals surface area (Å²) in [6, 6.07) is 14.3. The van der Waals surface area contributed by atoms with Gasteiger partial charge in [-0.3, -0.25) is 0 Å². The summed E-state index contributed by atoms with van der Waals surface area (Å²) in [7, 11) is 0. The molecule has 0 aliphatic heterocycles. The Morgan fingerprint density at radius 3 is 2.30 bits per heavy atom. The van der Waals surface area contributed by atoms with E-state index in [-0.39, 0.29) is 6.04 Å². The second-order valence-corrected chi connectivity index (χ2v) is 5.35. The molecule has 2 N–H and O–H groups in total. The van der Waals surface area contributed by atoms with Crippen molar-refractivity contribution in [3.05, 3.63) is 64.7 Å². The maximum absolute atomic E-state index is 6.30. The quantitative estimate of drug-likeness (QED) is 0.887. The Bertz CT molecular complexity index is 563. The van der Waals surface area contributed by atoms with E-state index in [0.29, 0.717) is 6.61 Å². The van der Waals surface area contributed by atoms with Crippen molar-refractivity contribution in [3.63, 3.8) is 0 Å². The molecular formula is C18H23NO. The lowest BCUT2D eigenvalue weighted by molar-refractivity contribution is 0.298. The summed E-state index contributed by atoms with van der Waals surface area (Å²) in [5.41, 5.74) is 11.4. The van der Waals surface area contributed by atoms with Gasteiger partial charge in [0, 0.05) is 12.5 Å². The number of hydrogen-bond acceptors (Lipinski definition) is 2. The largest absolute Gasteiger partial charge is 0.494 e. The Morgan fingerprint density at radius 1 is 0.950 bits per heavy atom. The maximum atomic E-state index is 6.30. The molecule has 2 nitrogen and oxygen atoms in total. The van der Waals surface area contributed by atoms with Gasteiger partial charge < -0.3 is 10.5 Å². The van der Waals surface area contributed by atoms with Crippen molar-refractivity contribution in [2.24, 2.45) is 5.73 Å². The molecule has 1 unspecified atom stereocenters. The van der Waals surface area contributed by atoms with Gasteiger partial charge in [-0.1, -0.05) is 30.3 Å². The topological polar surface area (TPSA) is 35.2 Å². The van der Waals surface area contributed by atoms with Gasteiger partial charge in [0.25, 0.3) is 0 Å². The van der Waals surface area contributed by atoms with E-state index in [1.165, 1.54) is 22.3 Å². The van der Waals surface area contributed by atoms with Crippen LogP contribution in [0.3, 0.4) is 0 Å². The number of hydrogen-bond donors (Lipinski definition) is 1. The number of nitrogens with two attached hydrogens (primary N) is 1. The van der Waals surface area contributed by atoms with E-state index in [4.69, 9.17) is 10.5 Å². The monoisotopic (exact) mass is 269 g/mol. The first-order valence-electron chi connectivity index (χ1n) is 7.09. The highest BCUT2D eigenvalue weighted by Gasteiger charge is 2.10. The van der Waals surface area contributed by atoms with E-state index in [1.54, 1.807) is 0 Å². The number of rotatable bonds is 5. The van der Waals surface area contributed by atoms with Crippen LogP contribution in [-0.4, -0.2) is 6.61 Å². The van der Waals surface area contributed by atoms with Crippen LogP contribution in [0, 0.1) is 20.8 Å². The Morgan fingerprint density at radius 2 is 1.60 bits per heavy atom. The second-order valence-electron chi connectivity index (χ2n) is 5.35. The third kappa shape index (κ3) is 3.61. The van der Waals surface area contributed by atoms with Crippen LogP contribution in [0.2, 0.25) is 0 Å². The van der Waals surface area contributed by atoms with Crippen LogP contribution in [0.4, 0.5) is 0 Å². The van der Waals surface area contributed by atoms with Crippen LogP contribution >= 0.6 is 0 Å². The molecule has 2 heteroatoms. The smallest absolute Gasteiger partial charge is 0.119 e. The summed E-state index contributed by atoms with van der Waals surface area (Å²) in [6.45, 7) is 7.03. The molecule has 0 aliphatic carbocycles. The average molecular weight is 269 g/mol. The first-order chi connectivity index (χ1) is 9.58. The van der Waals surface area contributed by atoms with E-state index in [9.17, 15) is 0 Å². The van der Waals surface area contributed by atoms with Crippen molar-refractivity contribution < 1.29 is 4.74 Å². The van der Waals surface area contributed by atoms with Crippen LogP contribution in [0.1, 0.15) is 34.7 Å². The van der Waals surface area contributed by atoms with E-state index < -0.39 is 0 Å². The van der Waals surface area contributed by atoms with Crippen molar-refractivity contribution >= 4 is 0 Å². The highest BCUT2D eigenvalue weighted by Crippen LogP contribution is 2.22. The number of benzene rings is 2. The molecule has 1 atom stereocenters. The Kier molecular flexibility index (Phi) is 4.80. The lowest BCUT2D eigenvalue weighted by atomic mass is 9.95. The summed E-state index contributed by atoms with van der Waals surface area (Å²) in [4.78, 5) is 0. The predicted octanol–water partition coefficient (Wildman–Crippen LogP) is 4.08. The lowest BCUT2D eigenvalue weighted by Crippen LogP contribution is -2.15. The zero-order valence-corrected chi connectivity index (χ0v) is 12.5. The molecule has 2 aromatic carbocycles. The van der Waals surface area contributed by atoms with Gasteiger partial charge in [0.1, 0.15) is 5.75 Å². The number of aryl methyl sites for hydroxylation is 3.